The predicted octanol–water partition coefficient (Wildman–Crippen LogP) is 5.33. The van der Waals surface area contributed by atoms with E-state index >= 15 is 0 Å². The molecule has 3 aromatic carbocycles. The molecule has 2 aliphatic heterocycles. The molecule has 0 unspecified atom stereocenters. The maximum absolute atomic E-state index is 14.4. The summed E-state index contributed by atoms with van der Waals surface area (Å²) in [6.45, 7) is 8.62. The van der Waals surface area contributed by atoms with Gasteiger partial charge in [0.2, 0.25) is 11.8 Å². The van der Waals surface area contributed by atoms with Crippen LogP contribution in [0.3, 0.4) is 0 Å². The molecule has 0 aromatic heterocycles. The number of carbonyl (C=O) groups is 8. The van der Waals surface area contributed by atoms with Crippen molar-refractivity contribution in [2.24, 2.45) is 5.92 Å². The standard InChI is InChI=1S/C52H68N6O11/c1-35(2)49(57-30-16-29-54-52(57)66)51(65)55-40(31-38-19-8-5-9-20-38)33-42(41(32-39-21-10-6-11-22-39)56-44(60)34-67-50-36(3)17-14-18-37(50)4)68-47(63)24-12-7-13-28-53-43(59)23-15-25-48(64)69-58-45(61)26-27-46(58)62/h5-6,8-11,14,17-22,35,40-42,49H,7,12-13,15-16,23-34H2,1-4H3,(H,53,59)(H,54,66)(H,55,65)(H,56,60)/t40-,41-,42-,49-/m0/s1. The molecule has 0 aliphatic carbocycles. The zero-order valence-electron chi connectivity index (χ0n) is 40.3. The van der Waals surface area contributed by atoms with Crippen LogP contribution in [-0.4, -0.2) is 108 Å². The average molecular weight is 953 g/mol. The number of esters is 1. The van der Waals surface area contributed by atoms with Crippen molar-refractivity contribution in [3.63, 3.8) is 0 Å². The molecule has 0 saturated carbocycles. The number of carbonyl (C=O) groups excluding carboxylic acids is 8. The Kier molecular flexibility index (Phi) is 21.0. The van der Waals surface area contributed by atoms with Crippen LogP contribution in [0, 0.1) is 19.8 Å². The van der Waals surface area contributed by atoms with E-state index in [9.17, 15) is 38.4 Å². The Balaban J connectivity index is 1.27. The van der Waals surface area contributed by atoms with Crippen molar-refractivity contribution in [1.82, 2.24) is 31.2 Å². The lowest BCUT2D eigenvalue weighted by Crippen LogP contribution is -2.59. The van der Waals surface area contributed by atoms with Gasteiger partial charge in [0.05, 0.1) is 6.04 Å². The molecular formula is C52H68N6O11. The van der Waals surface area contributed by atoms with E-state index < -0.39 is 53.9 Å². The summed E-state index contributed by atoms with van der Waals surface area (Å²) in [6, 6.07) is 22.5. The van der Waals surface area contributed by atoms with Crippen LogP contribution in [-0.2, 0) is 56.0 Å². The van der Waals surface area contributed by atoms with Crippen LogP contribution in [0.4, 0.5) is 4.79 Å². The van der Waals surface area contributed by atoms with Crippen LogP contribution in [0.25, 0.3) is 0 Å². The van der Waals surface area contributed by atoms with Gasteiger partial charge in [0.15, 0.2) is 6.61 Å². The largest absolute Gasteiger partial charge is 0.483 e. The molecule has 4 N–H and O–H groups in total. The smallest absolute Gasteiger partial charge is 0.333 e. The molecule has 2 heterocycles. The maximum atomic E-state index is 14.4. The molecule has 4 atom stereocenters. The molecule has 372 valence electrons. The predicted molar refractivity (Wildman–Crippen MR) is 256 cm³/mol. The highest BCUT2D eigenvalue weighted by atomic mass is 16.7. The van der Waals surface area contributed by atoms with E-state index in [1.807, 2.05) is 107 Å². The quantitative estimate of drug-likeness (QED) is 0.0435. The van der Waals surface area contributed by atoms with Gasteiger partial charge >= 0.3 is 18.0 Å². The first-order valence-corrected chi connectivity index (χ1v) is 24.1. The van der Waals surface area contributed by atoms with Crippen molar-refractivity contribution in [1.29, 1.82) is 0 Å². The summed E-state index contributed by atoms with van der Waals surface area (Å²) in [5, 5.41) is 12.5. The van der Waals surface area contributed by atoms with Crippen molar-refractivity contribution >= 4 is 47.5 Å². The van der Waals surface area contributed by atoms with Crippen molar-refractivity contribution in [3.8, 4) is 5.75 Å². The summed E-state index contributed by atoms with van der Waals surface area (Å²) in [5.74, 6) is -3.04. The van der Waals surface area contributed by atoms with Crippen LogP contribution < -0.4 is 26.0 Å². The lowest BCUT2D eigenvalue weighted by molar-refractivity contribution is -0.197. The number of nitrogens with one attached hydrogen (secondary N) is 4. The molecule has 3 aromatic rings. The van der Waals surface area contributed by atoms with Crippen molar-refractivity contribution in [2.75, 3.05) is 26.2 Å². The molecular weight excluding hydrogens is 885 g/mol. The van der Waals surface area contributed by atoms with Gasteiger partial charge in [-0.25, -0.2) is 9.59 Å². The molecule has 17 heteroatoms. The second-order valence-electron chi connectivity index (χ2n) is 18.1. The molecule has 2 aliphatic rings. The molecule has 2 saturated heterocycles. The highest BCUT2D eigenvalue weighted by Crippen LogP contribution is 2.24. The topological polar surface area (TPSA) is 219 Å². The van der Waals surface area contributed by atoms with Crippen LogP contribution in [0.5, 0.6) is 5.75 Å². The summed E-state index contributed by atoms with van der Waals surface area (Å²) in [6.07, 6.45) is 2.25. The Morgan fingerprint density at radius 3 is 1.99 bits per heavy atom. The Morgan fingerprint density at radius 1 is 0.710 bits per heavy atom. The lowest BCUT2D eigenvalue weighted by atomic mass is 9.92. The van der Waals surface area contributed by atoms with Gasteiger partial charge in [0, 0.05) is 64.2 Å². The SMILES string of the molecule is Cc1cccc(C)c1OCC(=O)N[C@@H](Cc1ccccc1)[C@H](C[C@H](Cc1ccccc1)NC(=O)[C@H](C(C)C)N1CCCNC1=O)OC(=O)CCCCCNC(=O)CCCC(=O)ON1C(=O)CCC1=O. The van der Waals surface area contributed by atoms with E-state index in [0.29, 0.717) is 69.0 Å². The average Bonchev–Trinajstić information content (AvgIpc) is 3.63. The maximum Gasteiger partial charge on any atom is 0.333 e. The monoisotopic (exact) mass is 952 g/mol. The van der Waals surface area contributed by atoms with Crippen LogP contribution in [0.15, 0.2) is 78.9 Å². The summed E-state index contributed by atoms with van der Waals surface area (Å²) < 4.78 is 12.4. The van der Waals surface area contributed by atoms with E-state index in [1.165, 1.54) is 0 Å². The Labute approximate surface area is 404 Å². The number of para-hydroxylation sites is 1. The third-order valence-electron chi connectivity index (χ3n) is 12.0. The molecule has 0 radical (unpaired) electrons. The molecule has 0 bridgehead atoms. The normalized spacial score (nSPS) is 15.4. The number of imide groups is 1. The molecule has 17 nitrogen and oxygen atoms in total. The Bertz CT molecular complexity index is 2190. The van der Waals surface area contributed by atoms with Crippen molar-refractivity contribution in [2.45, 2.75) is 135 Å². The fourth-order valence-electron chi connectivity index (χ4n) is 8.54. The first-order chi connectivity index (χ1) is 33.2. The first kappa shape index (κ1) is 53.2. The van der Waals surface area contributed by atoms with E-state index in [4.69, 9.17) is 14.3 Å². The number of urea groups is 1. The first-order valence-electron chi connectivity index (χ1n) is 24.1. The minimum absolute atomic E-state index is 0.00453. The number of aryl methyl sites for hydroxylation is 2. The van der Waals surface area contributed by atoms with Gasteiger partial charge in [-0.2, -0.15) is 0 Å². The van der Waals surface area contributed by atoms with Crippen LogP contribution >= 0.6 is 0 Å². The number of hydrogen-bond donors (Lipinski definition) is 4. The van der Waals surface area contributed by atoms with Crippen LogP contribution in [0.1, 0.15) is 107 Å². The van der Waals surface area contributed by atoms with Gasteiger partial charge in [-0.05, 0) is 80.5 Å². The van der Waals surface area contributed by atoms with E-state index in [2.05, 4.69) is 21.3 Å². The van der Waals surface area contributed by atoms with Gasteiger partial charge < -0.3 is 40.5 Å². The van der Waals surface area contributed by atoms with E-state index in [0.717, 1.165) is 22.3 Å². The molecule has 2 fully saturated rings. The Morgan fingerprint density at radius 2 is 1.35 bits per heavy atom. The van der Waals surface area contributed by atoms with E-state index in [-0.39, 0.29) is 75.3 Å². The zero-order chi connectivity index (χ0) is 49.7. The number of amides is 7. The van der Waals surface area contributed by atoms with Gasteiger partial charge in [0.25, 0.3) is 17.7 Å². The molecule has 7 amide bonds. The van der Waals surface area contributed by atoms with Gasteiger partial charge in [-0.15, -0.1) is 5.06 Å². The zero-order valence-corrected chi connectivity index (χ0v) is 40.3. The highest BCUT2D eigenvalue weighted by Gasteiger charge is 2.37. The number of ether oxygens (including phenoxy) is 2. The molecule has 69 heavy (non-hydrogen) atoms. The second kappa shape index (κ2) is 27.3. The Hall–Kier alpha value is -6.78. The fraction of sp³-hybridized carbons (Fsp3) is 0.500. The number of benzene rings is 3. The fourth-order valence-corrected chi connectivity index (χ4v) is 8.54. The van der Waals surface area contributed by atoms with Gasteiger partial charge in [0.1, 0.15) is 17.9 Å². The molecule has 5 rings (SSSR count). The lowest BCUT2D eigenvalue weighted by Gasteiger charge is -2.37. The van der Waals surface area contributed by atoms with Gasteiger partial charge in [-0.3, -0.25) is 28.8 Å². The van der Waals surface area contributed by atoms with Gasteiger partial charge in [-0.1, -0.05) is 99.1 Å². The third kappa shape index (κ3) is 17.4. The number of rotatable bonds is 27. The van der Waals surface area contributed by atoms with Crippen LogP contribution in [0.2, 0.25) is 0 Å². The summed E-state index contributed by atoms with van der Waals surface area (Å²) in [5.41, 5.74) is 3.58. The van der Waals surface area contributed by atoms with Crippen molar-refractivity contribution in [3.05, 3.63) is 101 Å². The second-order valence-corrected chi connectivity index (χ2v) is 18.1. The molecule has 0 spiro atoms. The summed E-state index contributed by atoms with van der Waals surface area (Å²) in [4.78, 5) is 110. The summed E-state index contributed by atoms with van der Waals surface area (Å²) in [7, 11) is 0. The minimum Gasteiger partial charge on any atom is -0.483 e. The summed E-state index contributed by atoms with van der Waals surface area (Å²) >= 11 is 0. The highest BCUT2D eigenvalue weighted by molar-refractivity contribution is 6.01. The number of hydrogen-bond acceptors (Lipinski definition) is 11. The third-order valence-corrected chi connectivity index (χ3v) is 12.0. The number of unbranched alkanes of at least 4 members (excludes halogenated alkanes) is 2. The number of hydroxylamine groups is 2. The minimum atomic E-state index is -0.931. The number of nitrogens with zero attached hydrogens (tertiary/aromatic N) is 2. The van der Waals surface area contributed by atoms with E-state index in [1.54, 1.807) is 4.90 Å². The van der Waals surface area contributed by atoms with Crippen molar-refractivity contribution < 1.29 is 52.7 Å².